The molecule has 1 saturated heterocycles. The van der Waals surface area contributed by atoms with E-state index in [4.69, 9.17) is 0 Å². The van der Waals surface area contributed by atoms with Crippen molar-refractivity contribution in [3.8, 4) is 0 Å². The standard InChI is InChI=1S/C11H16N2OS/c1-3-10-8(2)4-5-13(10)11(14)9-6-15-7-12-9/h6-8,10H,3-5H2,1-2H3. The molecule has 1 fully saturated rings. The van der Waals surface area contributed by atoms with Crippen molar-refractivity contribution < 1.29 is 4.79 Å². The maximum Gasteiger partial charge on any atom is 0.273 e. The summed E-state index contributed by atoms with van der Waals surface area (Å²) in [4.78, 5) is 18.2. The van der Waals surface area contributed by atoms with Gasteiger partial charge in [-0.2, -0.15) is 0 Å². The fourth-order valence-corrected chi connectivity index (χ4v) is 2.87. The number of carbonyl (C=O) groups excluding carboxylic acids is 1. The van der Waals surface area contributed by atoms with E-state index in [1.54, 1.807) is 5.51 Å². The number of nitrogens with zero attached hydrogens (tertiary/aromatic N) is 2. The van der Waals surface area contributed by atoms with Crippen molar-refractivity contribution in [2.75, 3.05) is 6.54 Å². The Morgan fingerprint density at radius 3 is 3.13 bits per heavy atom. The summed E-state index contributed by atoms with van der Waals surface area (Å²) in [5.74, 6) is 0.727. The number of thiazole rings is 1. The maximum absolute atomic E-state index is 12.1. The van der Waals surface area contributed by atoms with Crippen LogP contribution in [0.1, 0.15) is 37.2 Å². The van der Waals surface area contributed by atoms with Crippen LogP contribution in [0, 0.1) is 5.92 Å². The van der Waals surface area contributed by atoms with E-state index < -0.39 is 0 Å². The van der Waals surface area contributed by atoms with Crippen LogP contribution >= 0.6 is 11.3 Å². The van der Waals surface area contributed by atoms with Crippen LogP contribution in [0.5, 0.6) is 0 Å². The molecule has 0 N–H and O–H groups in total. The Morgan fingerprint density at radius 1 is 1.73 bits per heavy atom. The minimum Gasteiger partial charge on any atom is -0.334 e. The Hall–Kier alpha value is -0.900. The number of rotatable bonds is 2. The molecule has 1 aliphatic rings. The van der Waals surface area contributed by atoms with Gasteiger partial charge in [0.05, 0.1) is 5.51 Å². The fraction of sp³-hybridized carbons (Fsp3) is 0.636. The van der Waals surface area contributed by atoms with Gasteiger partial charge in [-0.05, 0) is 18.8 Å². The van der Waals surface area contributed by atoms with Gasteiger partial charge in [-0.15, -0.1) is 11.3 Å². The van der Waals surface area contributed by atoms with Crippen LogP contribution < -0.4 is 0 Å². The molecule has 2 unspecified atom stereocenters. The Bertz CT molecular complexity index is 336. The third-order valence-corrected chi connectivity index (χ3v) is 3.80. The highest BCUT2D eigenvalue weighted by Gasteiger charge is 2.33. The molecular weight excluding hydrogens is 208 g/mol. The van der Waals surface area contributed by atoms with Gasteiger partial charge < -0.3 is 4.90 Å². The molecule has 0 radical (unpaired) electrons. The molecular formula is C11H16N2OS. The molecule has 1 aromatic heterocycles. The second-order valence-electron chi connectivity index (χ2n) is 4.11. The first-order valence-corrected chi connectivity index (χ1v) is 6.37. The van der Waals surface area contributed by atoms with Gasteiger partial charge in [0.1, 0.15) is 5.69 Å². The lowest BCUT2D eigenvalue weighted by Crippen LogP contribution is -2.37. The third kappa shape index (κ3) is 1.91. The van der Waals surface area contributed by atoms with E-state index in [1.165, 1.54) is 11.3 Å². The van der Waals surface area contributed by atoms with Crippen LogP contribution in [0.2, 0.25) is 0 Å². The quantitative estimate of drug-likeness (QED) is 0.773. The van der Waals surface area contributed by atoms with Gasteiger partial charge in [0.2, 0.25) is 0 Å². The zero-order valence-electron chi connectivity index (χ0n) is 9.14. The monoisotopic (exact) mass is 224 g/mol. The summed E-state index contributed by atoms with van der Waals surface area (Å²) in [6, 6.07) is 0.402. The Balaban J connectivity index is 2.14. The van der Waals surface area contributed by atoms with Crippen molar-refractivity contribution >= 4 is 17.2 Å². The zero-order chi connectivity index (χ0) is 10.8. The predicted octanol–water partition coefficient (Wildman–Crippen LogP) is 2.40. The lowest BCUT2D eigenvalue weighted by molar-refractivity contribution is 0.0713. The Kier molecular flexibility index (Phi) is 3.05. The van der Waals surface area contributed by atoms with E-state index in [-0.39, 0.29) is 5.91 Å². The summed E-state index contributed by atoms with van der Waals surface area (Å²) in [6.07, 6.45) is 2.16. The highest BCUT2D eigenvalue weighted by Crippen LogP contribution is 2.27. The van der Waals surface area contributed by atoms with Gasteiger partial charge in [0.25, 0.3) is 5.91 Å². The molecule has 4 heteroatoms. The average Bonchev–Trinajstić information content (AvgIpc) is 2.85. The van der Waals surface area contributed by atoms with Crippen LogP contribution in [-0.2, 0) is 0 Å². The topological polar surface area (TPSA) is 33.2 Å². The average molecular weight is 224 g/mol. The minimum atomic E-state index is 0.104. The molecule has 3 nitrogen and oxygen atoms in total. The summed E-state index contributed by atoms with van der Waals surface area (Å²) in [5.41, 5.74) is 2.32. The third-order valence-electron chi connectivity index (χ3n) is 3.21. The highest BCUT2D eigenvalue weighted by molar-refractivity contribution is 7.07. The number of aromatic nitrogens is 1. The van der Waals surface area contributed by atoms with Gasteiger partial charge in [-0.1, -0.05) is 13.8 Å². The normalized spacial score (nSPS) is 25.9. The second kappa shape index (κ2) is 4.31. The number of likely N-dealkylation sites (tertiary alicyclic amines) is 1. The molecule has 0 bridgehead atoms. The fourth-order valence-electron chi connectivity index (χ4n) is 2.35. The van der Waals surface area contributed by atoms with E-state index in [9.17, 15) is 4.79 Å². The van der Waals surface area contributed by atoms with E-state index in [0.717, 1.165) is 19.4 Å². The van der Waals surface area contributed by atoms with Crippen molar-refractivity contribution in [2.24, 2.45) is 5.92 Å². The van der Waals surface area contributed by atoms with Crippen LogP contribution in [0.4, 0.5) is 0 Å². The summed E-state index contributed by atoms with van der Waals surface area (Å²) >= 11 is 1.48. The van der Waals surface area contributed by atoms with Crippen molar-refractivity contribution in [3.63, 3.8) is 0 Å². The van der Waals surface area contributed by atoms with Crippen LogP contribution in [0.3, 0.4) is 0 Å². The van der Waals surface area contributed by atoms with Gasteiger partial charge in [0, 0.05) is 18.0 Å². The van der Waals surface area contributed by atoms with Crippen LogP contribution in [-0.4, -0.2) is 28.4 Å². The molecule has 1 aliphatic heterocycles. The lowest BCUT2D eigenvalue weighted by Gasteiger charge is -2.25. The number of carbonyl (C=O) groups is 1. The molecule has 2 heterocycles. The molecule has 1 amide bonds. The van der Waals surface area contributed by atoms with E-state index in [1.807, 2.05) is 10.3 Å². The van der Waals surface area contributed by atoms with Crippen molar-refractivity contribution in [1.82, 2.24) is 9.88 Å². The van der Waals surface area contributed by atoms with Crippen LogP contribution in [0.25, 0.3) is 0 Å². The largest absolute Gasteiger partial charge is 0.334 e. The maximum atomic E-state index is 12.1. The molecule has 2 atom stereocenters. The smallest absolute Gasteiger partial charge is 0.273 e. The van der Waals surface area contributed by atoms with Crippen molar-refractivity contribution in [2.45, 2.75) is 32.7 Å². The first kappa shape index (κ1) is 10.6. The molecule has 0 aromatic carbocycles. The number of hydrogen-bond acceptors (Lipinski definition) is 3. The zero-order valence-corrected chi connectivity index (χ0v) is 9.96. The first-order valence-electron chi connectivity index (χ1n) is 5.43. The van der Waals surface area contributed by atoms with E-state index >= 15 is 0 Å². The number of amides is 1. The number of hydrogen-bond donors (Lipinski definition) is 0. The molecule has 15 heavy (non-hydrogen) atoms. The molecule has 0 aliphatic carbocycles. The highest BCUT2D eigenvalue weighted by atomic mass is 32.1. The summed E-state index contributed by atoms with van der Waals surface area (Å²) in [7, 11) is 0. The predicted molar refractivity (Wildman–Crippen MR) is 61.0 cm³/mol. The summed E-state index contributed by atoms with van der Waals surface area (Å²) < 4.78 is 0. The second-order valence-corrected chi connectivity index (χ2v) is 4.83. The summed E-state index contributed by atoms with van der Waals surface area (Å²) in [5, 5.41) is 1.83. The molecule has 1 aromatic rings. The molecule has 2 rings (SSSR count). The first-order chi connectivity index (χ1) is 7.24. The van der Waals surface area contributed by atoms with Crippen LogP contribution in [0.15, 0.2) is 10.9 Å². The lowest BCUT2D eigenvalue weighted by atomic mass is 10.0. The Morgan fingerprint density at radius 2 is 2.53 bits per heavy atom. The molecule has 0 spiro atoms. The Labute approximate surface area is 94.1 Å². The van der Waals surface area contributed by atoms with Gasteiger partial charge in [0.15, 0.2) is 0 Å². The van der Waals surface area contributed by atoms with Gasteiger partial charge in [-0.25, -0.2) is 4.98 Å². The van der Waals surface area contributed by atoms with Gasteiger partial charge >= 0.3 is 0 Å². The molecule has 82 valence electrons. The van der Waals surface area contributed by atoms with Crippen molar-refractivity contribution in [1.29, 1.82) is 0 Å². The van der Waals surface area contributed by atoms with E-state index in [0.29, 0.717) is 17.7 Å². The molecule has 0 saturated carbocycles. The summed E-state index contributed by atoms with van der Waals surface area (Å²) in [6.45, 7) is 5.26. The van der Waals surface area contributed by atoms with Gasteiger partial charge in [-0.3, -0.25) is 4.79 Å². The minimum absolute atomic E-state index is 0.104. The SMILES string of the molecule is CCC1C(C)CCN1C(=O)c1cscn1. The van der Waals surface area contributed by atoms with E-state index in [2.05, 4.69) is 18.8 Å². The van der Waals surface area contributed by atoms with Crippen molar-refractivity contribution in [3.05, 3.63) is 16.6 Å².